The summed E-state index contributed by atoms with van der Waals surface area (Å²) in [6.07, 6.45) is 2.91. The van der Waals surface area contributed by atoms with Gasteiger partial charge in [0.2, 0.25) is 5.91 Å². The molecule has 2 heterocycles. The van der Waals surface area contributed by atoms with E-state index in [9.17, 15) is 18.0 Å². The average Bonchev–Trinajstić information content (AvgIpc) is 3.40. The van der Waals surface area contributed by atoms with Gasteiger partial charge in [-0.2, -0.15) is 13.2 Å². The first-order chi connectivity index (χ1) is 14.3. The predicted molar refractivity (Wildman–Crippen MR) is 108 cm³/mol. The van der Waals surface area contributed by atoms with Crippen LogP contribution in [-0.2, 0) is 22.1 Å². The van der Waals surface area contributed by atoms with Crippen molar-refractivity contribution in [3.63, 3.8) is 0 Å². The molecule has 1 saturated carbocycles. The summed E-state index contributed by atoms with van der Waals surface area (Å²) in [6, 6.07) is 5.45. The number of likely N-dealkylation sites (N-methyl/N-ethyl adjacent to an activating group) is 1. The molecule has 3 atom stereocenters. The molecule has 7 heteroatoms. The van der Waals surface area contributed by atoms with E-state index in [0.29, 0.717) is 5.56 Å². The summed E-state index contributed by atoms with van der Waals surface area (Å²) in [6.45, 7) is 2.92. The van der Waals surface area contributed by atoms with Crippen LogP contribution in [0.1, 0.15) is 56.1 Å². The SMILES string of the molecule is CN(C(=O)Cc1cccc(C(F)(F)F)c1)[C@H]1CC[C@]2(CCCO2)C[C@@H]1N1CCCC1. The molecule has 0 unspecified atom stereocenters. The number of ether oxygens (including phenoxy) is 1. The second kappa shape index (κ2) is 8.50. The van der Waals surface area contributed by atoms with E-state index in [2.05, 4.69) is 4.90 Å². The molecule has 30 heavy (non-hydrogen) atoms. The molecule has 1 aromatic carbocycles. The molecule has 0 bridgehead atoms. The van der Waals surface area contributed by atoms with Gasteiger partial charge in [-0.25, -0.2) is 0 Å². The van der Waals surface area contributed by atoms with Crippen molar-refractivity contribution in [3.8, 4) is 0 Å². The third kappa shape index (κ3) is 4.52. The number of likely N-dealkylation sites (tertiary alicyclic amines) is 1. The van der Waals surface area contributed by atoms with Crippen molar-refractivity contribution in [2.75, 3.05) is 26.7 Å². The van der Waals surface area contributed by atoms with Gasteiger partial charge in [-0.15, -0.1) is 0 Å². The van der Waals surface area contributed by atoms with Crippen molar-refractivity contribution in [2.45, 2.75) is 75.2 Å². The van der Waals surface area contributed by atoms with E-state index in [1.54, 1.807) is 11.0 Å². The molecule has 4 nitrogen and oxygen atoms in total. The van der Waals surface area contributed by atoms with E-state index in [-0.39, 0.29) is 30.0 Å². The largest absolute Gasteiger partial charge is 0.416 e. The summed E-state index contributed by atoms with van der Waals surface area (Å²) in [5.41, 5.74) is -0.344. The van der Waals surface area contributed by atoms with E-state index < -0.39 is 11.7 Å². The smallest absolute Gasteiger partial charge is 0.375 e. The van der Waals surface area contributed by atoms with Gasteiger partial charge in [0, 0.05) is 25.7 Å². The number of hydrogen-bond acceptors (Lipinski definition) is 3. The molecular weight excluding hydrogens is 393 g/mol. The number of carbonyl (C=O) groups excluding carboxylic acids is 1. The molecule has 1 aliphatic carbocycles. The van der Waals surface area contributed by atoms with Crippen LogP contribution in [0.15, 0.2) is 24.3 Å². The van der Waals surface area contributed by atoms with Gasteiger partial charge in [-0.05, 0) is 69.7 Å². The Balaban J connectivity index is 1.48. The quantitative estimate of drug-likeness (QED) is 0.724. The topological polar surface area (TPSA) is 32.8 Å². The molecule has 2 saturated heterocycles. The molecule has 1 aromatic rings. The summed E-state index contributed by atoms with van der Waals surface area (Å²) in [7, 11) is 1.82. The zero-order valence-electron chi connectivity index (χ0n) is 17.6. The third-order valence-electron chi connectivity index (χ3n) is 7.22. The Hall–Kier alpha value is -1.60. The van der Waals surface area contributed by atoms with Gasteiger partial charge in [0.05, 0.1) is 17.6 Å². The minimum atomic E-state index is -4.40. The maximum Gasteiger partial charge on any atom is 0.416 e. The second-order valence-corrected chi connectivity index (χ2v) is 9.14. The van der Waals surface area contributed by atoms with Crippen LogP contribution in [0.5, 0.6) is 0 Å². The van der Waals surface area contributed by atoms with E-state index in [1.807, 2.05) is 7.05 Å². The van der Waals surface area contributed by atoms with Crippen LogP contribution in [0.25, 0.3) is 0 Å². The number of alkyl halides is 3. The number of hydrogen-bond donors (Lipinski definition) is 0. The molecule has 2 aliphatic heterocycles. The van der Waals surface area contributed by atoms with Gasteiger partial charge in [-0.3, -0.25) is 9.69 Å². The summed E-state index contributed by atoms with van der Waals surface area (Å²) in [5, 5.41) is 0. The fourth-order valence-corrected chi connectivity index (χ4v) is 5.58. The maximum absolute atomic E-state index is 13.0. The van der Waals surface area contributed by atoms with Crippen LogP contribution >= 0.6 is 0 Å². The maximum atomic E-state index is 13.0. The van der Waals surface area contributed by atoms with Crippen LogP contribution in [0.4, 0.5) is 13.2 Å². The zero-order chi connectivity index (χ0) is 21.4. The first-order valence-electron chi connectivity index (χ1n) is 11.1. The summed E-state index contributed by atoms with van der Waals surface area (Å²) in [5.74, 6) is -0.119. The zero-order valence-corrected chi connectivity index (χ0v) is 17.6. The fourth-order valence-electron chi connectivity index (χ4n) is 5.58. The average molecular weight is 425 g/mol. The Morgan fingerprint density at radius 3 is 2.67 bits per heavy atom. The second-order valence-electron chi connectivity index (χ2n) is 9.14. The van der Waals surface area contributed by atoms with Crippen molar-refractivity contribution in [1.29, 1.82) is 0 Å². The number of amides is 1. The number of rotatable bonds is 4. The Morgan fingerprint density at radius 2 is 2.00 bits per heavy atom. The van der Waals surface area contributed by atoms with Gasteiger partial charge < -0.3 is 9.64 Å². The standard InChI is InChI=1S/C23H31F3N2O2/c1-27(21(29)15-17-6-4-7-18(14-17)23(24,25)26)19-8-10-22(9-5-13-30-22)16-20(19)28-11-2-3-12-28/h4,6-7,14,19-20H,2-3,5,8-13,15-16H2,1H3/t19-,20-,22+/m0/s1. The Bertz CT molecular complexity index is 755. The molecule has 3 fully saturated rings. The Kier molecular flexibility index (Phi) is 6.13. The molecule has 4 rings (SSSR count). The molecule has 0 radical (unpaired) electrons. The molecule has 1 amide bonds. The normalized spacial score (nSPS) is 30.1. The van der Waals surface area contributed by atoms with Gasteiger partial charge in [0.25, 0.3) is 0 Å². The summed E-state index contributed by atoms with van der Waals surface area (Å²) < 4.78 is 45.2. The van der Waals surface area contributed by atoms with Crippen molar-refractivity contribution in [3.05, 3.63) is 35.4 Å². The summed E-state index contributed by atoms with van der Waals surface area (Å²) in [4.78, 5) is 17.3. The van der Waals surface area contributed by atoms with E-state index in [0.717, 1.165) is 63.9 Å². The van der Waals surface area contributed by atoms with Crippen LogP contribution in [0, 0.1) is 0 Å². The molecule has 3 aliphatic rings. The monoisotopic (exact) mass is 424 g/mol. The van der Waals surface area contributed by atoms with Gasteiger partial charge in [-0.1, -0.05) is 18.2 Å². The number of nitrogens with zero attached hydrogens (tertiary/aromatic N) is 2. The van der Waals surface area contributed by atoms with E-state index >= 15 is 0 Å². The lowest BCUT2D eigenvalue weighted by atomic mass is 9.76. The van der Waals surface area contributed by atoms with E-state index in [1.165, 1.54) is 18.9 Å². The van der Waals surface area contributed by atoms with Gasteiger partial charge >= 0.3 is 6.18 Å². The highest BCUT2D eigenvalue weighted by molar-refractivity contribution is 5.79. The van der Waals surface area contributed by atoms with Crippen molar-refractivity contribution < 1.29 is 22.7 Å². The highest BCUT2D eigenvalue weighted by Crippen LogP contribution is 2.43. The molecule has 1 spiro atoms. The Labute approximate surface area is 176 Å². The third-order valence-corrected chi connectivity index (χ3v) is 7.22. The van der Waals surface area contributed by atoms with Crippen LogP contribution < -0.4 is 0 Å². The lowest BCUT2D eigenvalue weighted by Gasteiger charge is -2.48. The Morgan fingerprint density at radius 1 is 1.23 bits per heavy atom. The van der Waals surface area contributed by atoms with Crippen LogP contribution in [0.2, 0.25) is 0 Å². The number of halogens is 3. The van der Waals surface area contributed by atoms with Crippen molar-refractivity contribution in [2.24, 2.45) is 0 Å². The van der Waals surface area contributed by atoms with Crippen LogP contribution in [0.3, 0.4) is 0 Å². The molecule has 166 valence electrons. The minimum Gasteiger partial charge on any atom is -0.375 e. The lowest BCUT2D eigenvalue weighted by molar-refractivity contribution is -0.138. The lowest BCUT2D eigenvalue weighted by Crippen LogP contribution is -2.58. The van der Waals surface area contributed by atoms with Crippen molar-refractivity contribution >= 4 is 5.91 Å². The molecule has 0 aromatic heterocycles. The highest BCUT2D eigenvalue weighted by atomic mass is 19.4. The van der Waals surface area contributed by atoms with Gasteiger partial charge in [0.15, 0.2) is 0 Å². The molecule has 0 N–H and O–H groups in total. The number of benzene rings is 1. The van der Waals surface area contributed by atoms with Gasteiger partial charge in [0.1, 0.15) is 0 Å². The predicted octanol–water partition coefficient (Wildman–Crippen LogP) is 4.27. The highest BCUT2D eigenvalue weighted by Gasteiger charge is 2.47. The van der Waals surface area contributed by atoms with Crippen molar-refractivity contribution in [1.82, 2.24) is 9.80 Å². The first-order valence-corrected chi connectivity index (χ1v) is 11.1. The fraction of sp³-hybridized carbons (Fsp3) is 0.696. The summed E-state index contributed by atoms with van der Waals surface area (Å²) >= 11 is 0. The van der Waals surface area contributed by atoms with E-state index in [4.69, 9.17) is 4.74 Å². The molecular formula is C23H31F3N2O2. The first kappa shape index (κ1) is 21.6. The minimum absolute atomic E-state index is 0.00865. The number of carbonyl (C=O) groups is 1. The van der Waals surface area contributed by atoms with Crippen LogP contribution in [-0.4, -0.2) is 60.1 Å².